The van der Waals surface area contributed by atoms with E-state index in [0.29, 0.717) is 10.6 Å². The summed E-state index contributed by atoms with van der Waals surface area (Å²) in [6.07, 6.45) is -0.690. The smallest absolute Gasteiger partial charge is 0.408 e. The summed E-state index contributed by atoms with van der Waals surface area (Å²) in [5.41, 5.74) is -0.00207. The van der Waals surface area contributed by atoms with Gasteiger partial charge >= 0.3 is 12.1 Å². The van der Waals surface area contributed by atoms with Gasteiger partial charge in [0.2, 0.25) is 0 Å². The lowest BCUT2D eigenvalue weighted by Crippen LogP contribution is -2.45. The Labute approximate surface area is 152 Å². The standard InChI is InChI=1S/C18H24ClNO5/c1-11(21)14(12-6-8-13(19)9-7-12)10-15(16(22)24-5)20-17(23)25-18(2,3)4/h6-9,14-15H,10H2,1-5H3,(H,20,23). The van der Waals surface area contributed by atoms with E-state index in [1.165, 1.54) is 14.0 Å². The first-order valence-electron chi connectivity index (χ1n) is 7.86. The van der Waals surface area contributed by atoms with Crippen molar-refractivity contribution in [1.29, 1.82) is 0 Å². The summed E-state index contributed by atoms with van der Waals surface area (Å²) in [4.78, 5) is 36.1. The maximum absolute atomic E-state index is 12.1. The molecule has 0 radical (unpaired) electrons. The molecule has 1 amide bonds. The maximum Gasteiger partial charge on any atom is 0.408 e. The number of esters is 1. The van der Waals surface area contributed by atoms with E-state index in [9.17, 15) is 14.4 Å². The molecule has 2 atom stereocenters. The first-order chi connectivity index (χ1) is 11.5. The molecule has 0 spiro atoms. The third-order valence-corrected chi connectivity index (χ3v) is 3.66. The molecule has 0 saturated heterocycles. The van der Waals surface area contributed by atoms with E-state index in [1.807, 2.05) is 0 Å². The quantitative estimate of drug-likeness (QED) is 0.776. The largest absolute Gasteiger partial charge is 0.467 e. The Morgan fingerprint density at radius 2 is 1.72 bits per heavy atom. The number of ether oxygens (including phenoxy) is 2. The SMILES string of the molecule is COC(=O)C(CC(C(C)=O)c1ccc(Cl)cc1)NC(=O)OC(C)(C)C. The lowest BCUT2D eigenvalue weighted by Gasteiger charge is -2.24. The van der Waals surface area contributed by atoms with Crippen LogP contribution in [-0.4, -0.2) is 36.6 Å². The van der Waals surface area contributed by atoms with Crippen molar-refractivity contribution < 1.29 is 23.9 Å². The van der Waals surface area contributed by atoms with Gasteiger partial charge in [-0.25, -0.2) is 9.59 Å². The summed E-state index contributed by atoms with van der Waals surface area (Å²) < 4.78 is 9.90. The average Bonchev–Trinajstić information content (AvgIpc) is 2.49. The van der Waals surface area contributed by atoms with Crippen molar-refractivity contribution in [3.05, 3.63) is 34.9 Å². The number of benzene rings is 1. The number of hydrogen-bond donors (Lipinski definition) is 1. The van der Waals surface area contributed by atoms with Crippen molar-refractivity contribution in [1.82, 2.24) is 5.32 Å². The number of amides is 1. The van der Waals surface area contributed by atoms with Crippen molar-refractivity contribution in [3.63, 3.8) is 0 Å². The fraction of sp³-hybridized carbons (Fsp3) is 0.500. The highest BCUT2D eigenvalue weighted by Gasteiger charge is 2.30. The van der Waals surface area contributed by atoms with Crippen molar-refractivity contribution in [2.24, 2.45) is 0 Å². The Bertz CT molecular complexity index is 621. The van der Waals surface area contributed by atoms with Gasteiger partial charge in [0.15, 0.2) is 0 Å². The number of nitrogens with one attached hydrogen (secondary N) is 1. The van der Waals surface area contributed by atoms with Gasteiger partial charge in [-0.15, -0.1) is 0 Å². The molecule has 0 bridgehead atoms. The molecule has 138 valence electrons. The van der Waals surface area contributed by atoms with Crippen LogP contribution in [-0.2, 0) is 19.1 Å². The van der Waals surface area contributed by atoms with Crippen LogP contribution in [0.15, 0.2) is 24.3 Å². The van der Waals surface area contributed by atoms with Crippen molar-refractivity contribution in [2.75, 3.05) is 7.11 Å². The van der Waals surface area contributed by atoms with Gasteiger partial charge in [-0.3, -0.25) is 4.79 Å². The normalized spacial score (nSPS) is 13.5. The minimum absolute atomic E-state index is 0.0584. The fourth-order valence-electron chi connectivity index (χ4n) is 2.27. The molecule has 1 aromatic carbocycles. The molecule has 1 rings (SSSR count). The van der Waals surface area contributed by atoms with Crippen LogP contribution in [0.2, 0.25) is 5.02 Å². The van der Waals surface area contributed by atoms with Gasteiger partial charge in [0.05, 0.1) is 7.11 Å². The molecular weight excluding hydrogens is 346 g/mol. The van der Waals surface area contributed by atoms with E-state index in [-0.39, 0.29) is 12.2 Å². The maximum atomic E-state index is 12.1. The summed E-state index contributed by atoms with van der Waals surface area (Å²) >= 11 is 5.87. The first kappa shape index (κ1) is 21.0. The van der Waals surface area contributed by atoms with Gasteiger partial charge in [-0.1, -0.05) is 23.7 Å². The van der Waals surface area contributed by atoms with Gasteiger partial charge in [0, 0.05) is 10.9 Å². The zero-order valence-electron chi connectivity index (χ0n) is 15.1. The number of halogens is 1. The van der Waals surface area contributed by atoms with Crippen LogP contribution in [0.1, 0.15) is 45.6 Å². The molecular formula is C18H24ClNO5. The number of ketones is 1. The Morgan fingerprint density at radius 1 is 1.16 bits per heavy atom. The minimum atomic E-state index is -1.01. The van der Waals surface area contributed by atoms with Crippen molar-refractivity contribution >= 4 is 29.4 Å². The predicted octanol–water partition coefficient (Wildman–Crippen LogP) is 3.47. The van der Waals surface area contributed by atoms with Gasteiger partial charge in [-0.2, -0.15) is 0 Å². The molecule has 0 aliphatic heterocycles. The highest BCUT2D eigenvalue weighted by Crippen LogP contribution is 2.25. The topological polar surface area (TPSA) is 81.7 Å². The lowest BCUT2D eigenvalue weighted by atomic mass is 9.89. The molecule has 0 aliphatic carbocycles. The van der Waals surface area contributed by atoms with Gasteiger partial charge in [0.25, 0.3) is 0 Å². The predicted molar refractivity (Wildman–Crippen MR) is 94.7 cm³/mol. The van der Waals surface area contributed by atoms with Gasteiger partial charge in [-0.05, 0) is 51.8 Å². The van der Waals surface area contributed by atoms with E-state index in [1.54, 1.807) is 45.0 Å². The summed E-state index contributed by atoms with van der Waals surface area (Å²) in [7, 11) is 1.22. The van der Waals surface area contributed by atoms with E-state index < -0.39 is 29.6 Å². The Balaban J connectivity index is 2.97. The van der Waals surface area contributed by atoms with E-state index in [0.717, 1.165) is 0 Å². The van der Waals surface area contributed by atoms with Crippen LogP contribution in [0.4, 0.5) is 4.79 Å². The molecule has 0 aliphatic rings. The number of Topliss-reactive ketones (excluding diaryl/α,β-unsaturated/α-hetero) is 1. The van der Waals surface area contributed by atoms with Crippen LogP contribution < -0.4 is 5.32 Å². The third-order valence-electron chi connectivity index (χ3n) is 3.41. The second-order valence-electron chi connectivity index (χ2n) is 6.67. The summed E-state index contributed by atoms with van der Waals surface area (Å²) in [5.74, 6) is -1.37. The molecule has 0 saturated carbocycles. The number of carbonyl (C=O) groups is 3. The molecule has 2 unspecified atom stereocenters. The van der Waals surface area contributed by atoms with Gasteiger partial charge in [0.1, 0.15) is 17.4 Å². The summed E-state index contributed by atoms with van der Waals surface area (Å²) in [6, 6.07) is 5.76. The van der Waals surface area contributed by atoms with Crippen LogP contribution >= 0.6 is 11.6 Å². The number of hydrogen-bond acceptors (Lipinski definition) is 5. The zero-order valence-corrected chi connectivity index (χ0v) is 15.8. The average molecular weight is 370 g/mol. The summed E-state index contributed by atoms with van der Waals surface area (Å²) in [5, 5.41) is 3.02. The molecule has 0 aromatic heterocycles. The van der Waals surface area contributed by atoms with Crippen LogP contribution in [0.5, 0.6) is 0 Å². The number of methoxy groups -OCH3 is 1. The number of carbonyl (C=O) groups excluding carboxylic acids is 3. The lowest BCUT2D eigenvalue weighted by molar-refractivity contribution is -0.143. The molecule has 1 N–H and O–H groups in total. The number of alkyl carbamates (subject to hydrolysis) is 1. The van der Waals surface area contributed by atoms with Crippen molar-refractivity contribution in [2.45, 2.75) is 51.7 Å². The second kappa shape index (κ2) is 8.85. The molecule has 0 heterocycles. The monoisotopic (exact) mass is 369 g/mol. The van der Waals surface area contributed by atoms with Crippen LogP contribution in [0.25, 0.3) is 0 Å². The highest BCUT2D eigenvalue weighted by molar-refractivity contribution is 6.30. The van der Waals surface area contributed by atoms with Crippen molar-refractivity contribution in [3.8, 4) is 0 Å². The number of rotatable bonds is 6. The third kappa shape index (κ3) is 7.13. The molecule has 6 nitrogen and oxygen atoms in total. The summed E-state index contributed by atoms with van der Waals surface area (Å²) in [6.45, 7) is 6.57. The Kier molecular flexibility index (Phi) is 7.42. The van der Waals surface area contributed by atoms with E-state index >= 15 is 0 Å². The minimum Gasteiger partial charge on any atom is -0.467 e. The molecule has 25 heavy (non-hydrogen) atoms. The molecule has 1 aromatic rings. The fourth-order valence-corrected chi connectivity index (χ4v) is 2.40. The highest BCUT2D eigenvalue weighted by atomic mass is 35.5. The molecule has 7 heteroatoms. The first-order valence-corrected chi connectivity index (χ1v) is 8.24. The van der Waals surface area contributed by atoms with E-state index in [4.69, 9.17) is 21.1 Å². The molecule has 0 fully saturated rings. The second-order valence-corrected chi connectivity index (χ2v) is 7.11. The Morgan fingerprint density at radius 3 is 2.16 bits per heavy atom. The van der Waals surface area contributed by atoms with E-state index in [2.05, 4.69) is 5.32 Å². The Hall–Kier alpha value is -2.08. The van der Waals surface area contributed by atoms with Crippen LogP contribution in [0.3, 0.4) is 0 Å². The van der Waals surface area contributed by atoms with Crippen LogP contribution in [0, 0.1) is 0 Å². The van der Waals surface area contributed by atoms with Gasteiger partial charge < -0.3 is 14.8 Å². The zero-order chi connectivity index (χ0) is 19.2.